The number of hydrogen-bond donors (Lipinski definition) is 2. The number of hydrogen-bond acceptors (Lipinski definition) is 3. The van der Waals surface area contributed by atoms with Gasteiger partial charge in [-0.25, -0.2) is 0 Å². The number of anilines is 1. The third kappa shape index (κ3) is 3.93. The van der Waals surface area contributed by atoms with E-state index in [0.29, 0.717) is 17.3 Å². The summed E-state index contributed by atoms with van der Waals surface area (Å²) in [6, 6.07) is 1.77. The van der Waals surface area contributed by atoms with Crippen molar-refractivity contribution in [3.05, 3.63) is 18.0 Å². The first-order valence-corrected chi connectivity index (χ1v) is 8.17. The molecule has 0 radical (unpaired) electrons. The molecule has 2 heterocycles. The van der Waals surface area contributed by atoms with Gasteiger partial charge in [0.2, 0.25) is 0 Å². The molecule has 0 saturated carbocycles. The van der Waals surface area contributed by atoms with Gasteiger partial charge in [-0.05, 0) is 42.8 Å². The highest BCUT2D eigenvalue weighted by Crippen LogP contribution is 2.22. The monoisotopic (exact) mass is 281 g/mol. The number of carbonyl (C=O) groups excluding carboxylic acids is 1. The van der Waals surface area contributed by atoms with Crippen molar-refractivity contribution in [2.24, 2.45) is 5.92 Å². The lowest BCUT2D eigenvalue weighted by molar-refractivity contribution is 0.0937. The number of rotatable bonds is 5. The average molecular weight is 281 g/mol. The summed E-state index contributed by atoms with van der Waals surface area (Å²) in [5.41, 5.74) is 7.13. The van der Waals surface area contributed by atoms with Crippen LogP contribution in [-0.4, -0.2) is 28.5 Å². The number of nitrogens with one attached hydrogen (secondary N) is 1. The van der Waals surface area contributed by atoms with Crippen LogP contribution in [0.1, 0.15) is 36.7 Å². The highest BCUT2D eigenvalue weighted by Gasteiger charge is 2.17. The van der Waals surface area contributed by atoms with E-state index in [1.165, 1.54) is 24.3 Å². The molecule has 0 spiro atoms. The zero-order valence-electron chi connectivity index (χ0n) is 11.5. The van der Waals surface area contributed by atoms with Gasteiger partial charge in [0.05, 0.1) is 5.69 Å². The van der Waals surface area contributed by atoms with Gasteiger partial charge in [0.1, 0.15) is 5.69 Å². The Morgan fingerprint density at radius 2 is 2.26 bits per heavy atom. The molecule has 106 valence electrons. The fraction of sp³-hybridized carbons (Fsp3) is 0.643. The summed E-state index contributed by atoms with van der Waals surface area (Å²) >= 11 is 2.01. The number of aryl methyl sites for hydroxylation is 1. The summed E-state index contributed by atoms with van der Waals surface area (Å²) in [5.74, 6) is 3.08. The zero-order valence-corrected chi connectivity index (χ0v) is 12.3. The molecule has 2 rings (SSSR count). The molecule has 1 aromatic rings. The maximum absolute atomic E-state index is 12.2. The molecule has 0 bridgehead atoms. The van der Waals surface area contributed by atoms with Crippen LogP contribution in [0.3, 0.4) is 0 Å². The van der Waals surface area contributed by atoms with Crippen LogP contribution in [0, 0.1) is 5.92 Å². The van der Waals surface area contributed by atoms with Gasteiger partial charge in [-0.15, -0.1) is 0 Å². The van der Waals surface area contributed by atoms with Crippen LogP contribution in [-0.2, 0) is 6.54 Å². The Balaban J connectivity index is 1.91. The van der Waals surface area contributed by atoms with Crippen molar-refractivity contribution in [1.29, 1.82) is 0 Å². The van der Waals surface area contributed by atoms with Crippen LogP contribution in [0.25, 0.3) is 0 Å². The molecule has 0 aromatic carbocycles. The minimum atomic E-state index is 0.00313. The molecule has 1 saturated heterocycles. The predicted octanol–water partition coefficient (Wildman–Crippen LogP) is 2.35. The second-order valence-electron chi connectivity index (χ2n) is 5.12. The molecular weight excluding hydrogens is 258 g/mol. The highest BCUT2D eigenvalue weighted by atomic mass is 32.2. The van der Waals surface area contributed by atoms with E-state index in [2.05, 4.69) is 12.2 Å². The van der Waals surface area contributed by atoms with Gasteiger partial charge < -0.3 is 15.6 Å². The van der Waals surface area contributed by atoms with Crippen LogP contribution in [0.2, 0.25) is 0 Å². The van der Waals surface area contributed by atoms with Crippen molar-refractivity contribution in [2.75, 3.05) is 23.8 Å². The molecule has 4 nitrogen and oxygen atoms in total. The van der Waals surface area contributed by atoms with Gasteiger partial charge in [-0.2, -0.15) is 11.8 Å². The first kappa shape index (κ1) is 14.3. The number of carbonyl (C=O) groups is 1. The third-order valence-electron chi connectivity index (χ3n) is 3.51. The Morgan fingerprint density at radius 1 is 1.53 bits per heavy atom. The number of nitrogens with two attached hydrogens (primary N) is 1. The smallest absolute Gasteiger partial charge is 0.267 e. The van der Waals surface area contributed by atoms with E-state index in [1.54, 1.807) is 6.07 Å². The molecule has 0 unspecified atom stereocenters. The maximum atomic E-state index is 12.2. The van der Waals surface area contributed by atoms with E-state index in [4.69, 9.17) is 5.73 Å². The quantitative estimate of drug-likeness (QED) is 0.871. The first-order chi connectivity index (χ1) is 9.20. The first-order valence-electron chi connectivity index (χ1n) is 7.02. The van der Waals surface area contributed by atoms with Crippen molar-refractivity contribution in [3.63, 3.8) is 0 Å². The largest absolute Gasteiger partial charge is 0.397 e. The molecule has 1 aromatic heterocycles. The molecule has 1 fully saturated rings. The predicted molar refractivity (Wildman–Crippen MR) is 81.5 cm³/mol. The Morgan fingerprint density at radius 3 is 2.95 bits per heavy atom. The van der Waals surface area contributed by atoms with E-state index in [1.807, 2.05) is 22.5 Å². The van der Waals surface area contributed by atoms with Crippen LogP contribution >= 0.6 is 11.8 Å². The van der Waals surface area contributed by atoms with Crippen LogP contribution < -0.4 is 11.1 Å². The van der Waals surface area contributed by atoms with E-state index >= 15 is 0 Å². The number of amides is 1. The highest BCUT2D eigenvalue weighted by molar-refractivity contribution is 7.99. The molecule has 1 amide bonds. The number of nitrogens with zero attached hydrogens (tertiary/aromatic N) is 1. The minimum absolute atomic E-state index is 0.00313. The third-order valence-corrected chi connectivity index (χ3v) is 4.56. The molecule has 5 heteroatoms. The summed E-state index contributed by atoms with van der Waals surface area (Å²) in [4.78, 5) is 12.2. The maximum Gasteiger partial charge on any atom is 0.267 e. The Bertz CT molecular complexity index is 424. The van der Waals surface area contributed by atoms with Crippen molar-refractivity contribution in [3.8, 4) is 0 Å². The fourth-order valence-corrected chi connectivity index (χ4v) is 3.63. The van der Waals surface area contributed by atoms with Crippen molar-refractivity contribution in [2.45, 2.75) is 32.7 Å². The minimum Gasteiger partial charge on any atom is -0.397 e. The molecule has 1 aliphatic heterocycles. The Labute approximate surface area is 119 Å². The normalized spacial score (nSPS) is 16.5. The summed E-state index contributed by atoms with van der Waals surface area (Å²) in [6.07, 6.45) is 5.26. The number of aromatic nitrogens is 1. The van der Waals surface area contributed by atoms with Crippen LogP contribution in [0.4, 0.5) is 5.69 Å². The van der Waals surface area contributed by atoms with Gasteiger partial charge in [0.15, 0.2) is 0 Å². The van der Waals surface area contributed by atoms with Crippen molar-refractivity contribution >= 4 is 23.4 Å². The van der Waals surface area contributed by atoms with Gasteiger partial charge >= 0.3 is 0 Å². The van der Waals surface area contributed by atoms with Gasteiger partial charge in [-0.1, -0.05) is 6.92 Å². The summed E-state index contributed by atoms with van der Waals surface area (Å²) in [6.45, 7) is 3.72. The Kier molecular flexibility index (Phi) is 5.19. The standard InChI is InChI=1S/C14H23N3OS/c1-2-5-17-10-12(15)8-13(17)14(18)16-9-11-3-6-19-7-4-11/h8,10-11H,2-7,9,15H2,1H3,(H,16,18). The lowest BCUT2D eigenvalue weighted by atomic mass is 10.0. The van der Waals surface area contributed by atoms with E-state index in [9.17, 15) is 4.79 Å². The lowest BCUT2D eigenvalue weighted by Crippen LogP contribution is -2.32. The fourth-order valence-electron chi connectivity index (χ4n) is 2.43. The van der Waals surface area contributed by atoms with Crippen LogP contribution in [0.15, 0.2) is 12.3 Å². The second-order valence-corrected chi connectivity index (χ2v) is 6.34. The molecule has 1 aliphatic rings. The number of nitrogen functional groups attached to an aromatic ring is 1. The molecule has 0 atom stereocenters. The lowest BCUT2D eigenvalue weighted by Gasteiger charge is -2.21. The number of thioether (sulfide) groups is 1. The topological polar surface area (TPSA) is 60.0 Å². The molecule has 0 aliphatic carbocycles. The van der Waals surface area contributed by atoms with Crippen LogP contribution in [0.5, 0.6) is 0 Å². The molecular formula is C14H23N3OS. The molecule has 3 N–H and O–H groups in total. The summed E-state index contributed by atoms with van der Waals surface area (Å²) in [5, 5.41) is 3.06. The molecule has 19 heavy (non-hydrogen) atoms. The SMILES string of the molecule is CCCn1cc(N)cc1C(=O)NCC1CCSCC1. The van der Waals surface area contributed by atoms with Gasteiger partial charge in [-0.3, -0.25) is 4.79 Å². The Hall–Kier alpha value is -1.10. The summed E-state index contributed by atoms with van der Waals surface area (Å²) < 4.78 is 1.95. The second kappa shape index (κ2) is 6.89. The van der Waals surface area contributed by atoms with Gasteiger partial charge in [0, 0.05) is 19.3 Å². The van der Waals surface area contributed by atoms with E-state index < -0.39 is 0 Å². The van der Waals surface area contributed by atoms with Crippen molar-refractivity contribution in [1.82, 2.24) is 9.88 Å². The van der Waals surface area contributed by atoms with E-state index in [0.717, 1.165) is 19.5 Å². The average Bonchev–Trinajstić information content (AvgIpc) is 2.79. The summed E-state index contributed by atoms with van der Waals surface area (Å²) in [7, 11) is 0. The van der Waals surface area contributed by atoms with E-state index in [-0.39, 0.29) is 5.91 Å². The van der Waals surface area contributed by atoms with Gasteiger partial charge in [0.25, 0.3) is 5.91 Å². The zero-order chi connectivity index (χ0) is 13.7. The van der Waals surface area contributed by atoms with Crippen molar-refractivity contribution < 1.29 is 4.79 Å².